The minimum Gasteiger partial charge on any atom is -0.331 e. The molecule has 0 aromatic carbocycles. The average molecular weight is 470 g/mol. The van der Waals surface area contributed by atoms with E-state index >= 15 is 0 Å². The Morgan fingerprint density at radius 2 is 2.16 bits per heavy atom. The Morgan fingerprint density at radius 1 is 1.25 bits per heavy atom. The molecule has 0 bridgehead atoms. The van der Waals surface area contributed by atoms with Crippen LogP contribution in [0.25, 0.3) is 0 Å². The summed E-state index contributed by atoms with van der Waals surface area (Å²) >= 11 is 7.35. The maximum absolute atomic E-state index is 13.1. The van der Waals surface area contributed by atoms with Crippen LogP contribution < -0.4 is 10.2 Å². The van der Waals surface area contributed by atoms with Crippen molar-refractivity contribution in [3.8, 4) is 0 Å². The summed E-state index contributed by atoms with van der Waals surface area (Å²) in [7, 11) is 0. The predicted molar refractivity (Wildman–Crippen MR) is 124 cm³/mol. The Morgan fingerprint density at radius 3 is 2.97 bits per heavy atom. The number of hydrogen-bond acceptors (Lipinski definition) is 8. The molecule has 0 spiro atoms. The van der Waals surface area contributed by atoms with Crippen molar-refractivity contribution in [2.45, 2.75) is 63.3 Å². The zero-order valence-corrected chi connectivity index (χ0v) is 19.2. The molecule has 0 radical (unpaired) electrons. The molecule has 32 heavy (non-hydrogen) atoms. The molecule has 4 heterocycles. The smallest absolute Gasteiger partial charge is 0.228 e. The van der Waals surface area contributed by atoms with Crippen LogP contribution in [0.2, 0.25) is 4.34 Å². The van der Waals surface area contributed by atoms with E-state index in [1.807, 2.05) is 0 Å². The van der Waals surface area contributed by atoms with Crippen molar-refractivity contribution in [3.05, 3.63) is 38.6 Å². The van der Waals surface area contributed by atoms with Crippen molar-refractivity contribution >= 4 is 46.3 Å². The Balaban J connectivity index is 1.26. The number of nitrogens with zero attached hydrogens (tertiary/aromatic N) is 5. The van der Waals surface area contributed by atoms with Gasteiger partial charge in [0.1, 0.15) is 15.2 Å². The third kappa shape index (κ3) is 3.88. The van der Waals surface area contributed by atoms with Crippen LogP contribution in [0.15, 0.2) is 12.3 Å². The first kappa shape index (κ1) is 20.1. The second kappa shape index (κ2) is 8.12. The highest BCUT2D eigenvalue weighted by atomic mass is 35.5. The molecule has 1 aliphatic heterocycles. The number of ketones is 1. The van der Waals surface area contributed by atoms with Gasteiger partial charge in [-0.05, 0) is 44.9 Å². The van der Waals surface area contributed by atoms with Gasteiger partial charge in [0.05, 0.1) is 24.4 Å². The van der Waals surface area contributed by atoms with Gasteiger partial charge in [0.25, 0.3) is 0 Å². The molecule has 2 N–H and O–H groups in total. The predicted octanol–water partition coefficient (Wildman–Crippen LogP) is 4.20. The van der Waals surface area contributed by atoms with E-state index in [1.54, 1.807) is 6.20 Å². The van der Waals surface area contributed by atoms with Crippen LogP contribution in [0.5, 0.6) is 0 Å². The fraction of sp³-hybridized carbons (Fsp3) is 0.500. The summed E-state index contributed by atoms with van der Waals surface area (Å²) in [5.41, 5.74) is 3.44. The summed E-state index contributed by atoms with van der Waals surface area (Å²) in [4.78, 5) is 29.2. The lowest BCUT2D eigenvalue weighted by Crippen LogP contribution is -2.38. The van der Waals surface area contributed by atoms with Gasteiger partial charge in [-0.3, -0.25) is 9.89 Å². The minimum absolute atomic E-state index is 0.147. The first-order valence-corrected chi connectivity index (χ1v) is 12.4. The molecular weight excluding hydrogens is 446 g/mol. The number of carbonyl (C=O) groups is 1. The first-order chi connectivity index (χ1) is 15.6. The first-order valence-electron chi connectivity index (χ1n) is 11.3. The number of H-pyrrole nitrogens is 1. The SMILES string of the molecule is O=C(Cc1ncc(Cl)s1)C1CCCN1c1nc2c(c(Nc3cc(C4CC4)[nH]n3)n1)CCC2. The van der Waals surface area contributed by atoms with Gasteiger partial charge >= 0.3 is 0 Å². The zero-order chi connectivity index (χ0) is 21.7. The van der Waals surface area contributed by atoms with E-state index in [0.717, 1.165) is 61.0 Å². The fourth-order valence-electron chi connectivity index (χ4n) is 4.75. The number of aromatic nitrogens is 5. The molecule has 1 saturated carbocycles. The summed E-state index contributed by atoms with van der Waals surface area (Å²) in [6.45, 7) is 0.779. The molecule has 3 aromatic heterocycles. The van der Waals surface area contributed by atoms with E-state index in [-0.39, 0.29) is 11.8 Å². The van der Waals surface area contributed by atoms with Gasteiger partial charge in [-0.15, -0.1) is 11.3 Å². The summed E-state index contributed by atoms with van der Waals surface area (Å²) < 4.78 is 0.608. The van der Waals surface area contributed by atoms with Crippen LogP contribution >= 0.6 is 22.9 Å². The van der Waals surface area contributed by atoms with E-state index in [9.17, 15) is 4.79 Å². The monoisotopic (exact) mass is 469 g/mol. The Kier molecular flexibility index (Phi) is 5.10. The molecule has 166 valence electrons. The molecule has 10 heteroatoms. The van der Waals surface area contributed by atoms with Gasteiger partial charge < -0.3 is 10.2 Å². The van der Waals surface area contributed by atoms with E-state index in [2.05, 4.69) is 31.5 Å². The number of aromatic amines is 1. The molecule has 1 saturated heterocycles. The van der Waals surface area contributed by atoms with Crippen molar-refractivity contribution in [2.24, 2.45) is 0 Å². The van der Waals surface area contributed by atoms with Gasteiger partial charge in [0, 0.05) is 29.8 Å². The lowest BCUT2D eigenvalue weighted by molar-refractivity contribution is -0.119. The standard InChI is InChI=1S/C22H24ClN7OS/c23-18-11-24-20(32-18)10-17(31)16-5-2-8-30(16)22-25-14-4-1-3-13(14)21(27-22)26-19-9-15(28-29-19)12-6-7-12/h9,11-12,16H,1-8,10H2,(H2,25,26,27,28,29). The highest BCUT2D eigenvalue weighted by molar-refractivity contribution is 7.15. The fourth-order valence-corrected chi connectivity index (χ4v) is 5.72. The second-order valence-corrected chi connectivity index (χ2v) is 10.6. The van der Waals surface area contributed by atoms with Gasteiger partial charge in [-0.1, -0.05) is 11.6 Å². The normalized spacial score (nSPS) is 20.0. The van der Waals surface area contributed by atoms with Crippen molar-refractivity contribution in [2.75, 3.05) is 16.8 Å². The largest absolute Gasteiger partial charge is 0.331 e. The van der Waals surface area contributed by atoms with Crippen molar-refractivity contribution in [1.29, 1.82) is 0 Å². The summed E-state index contributed by atoms with van der Waals surface area (Å²) in [6, 6.07) is 1.86. The summed E-state index contributed by atoms with van der Waals surface area (Å²) in [5.74, 6) is 3.02. The molecule has 3 aliphatic rings. The zero-order valence-electron chi connectivity index (χ0n) is 17.6. The highest BCUT2D eigenvalue weighted by Crippen LogP contribution is 2.40. The van der Waals surface area contributed by atoms with E-state index < -0.39 is 0 Å². The van der Waals surface area contributed by atoms with Gasteiger partial charge in [0.15, 0.2) is 11.6 Å². The van der Waals surface area contributed by atoms with Crippen molar-refractivity contribution < 1.29 is 4.79 Å². The van der Waals surface area contributed by atoms with E-state index in [4.69, 9.17) is 21.6 Å². The lowest BCUT2D eigenvalue weighted by atomic mass is 10.1. The Bertz CT molecular complexity index is 1170. The van der Waals surface area contributed by atoms with E-state index in [0.29, 0.717) is 22.6 Å². The van der Waals surface area contributed by atoms with Gasteiger partial charge in [-0.2, -0.15) is 10.1 Å². The Labute approximate surface area is 194 Å². The molecule has 1 unspecified atom stereocenters. The number of rotatable bonds is 7. The molecule has 2 fully saturated rings. The molecular formula is C22H24ClN7OS. The van der Waals surface area contributed by atoms with Crippen LogP contribution in [0, 0.1) is 0 Å². The topological polar surface area (TPSA) is 99.7 Å². The van der Waals surface area contributed by atoms with Gasteiger partial charge in [0.2, 0.25) is 5.95 Å². The quantitative estimate of drug-likeness (QED) is 0.534. The van der Waals surface area contributed by atoms with Crippen molar-refractivity contribution in [1.82, 2.24) is 25.1 Å². The second-order valence-electron chi connectivity index (χ2n) is 8.81. The van der Waals surface area contributed by atoms with Crippen LogP contribution in [0.4, 0.5) is 17.6 Å². The number of aryl methyl sites for hydroxylation is 1. The summed E-state index contributed by atoms with van der Waals surface area (Å²) in [5, 5.41) is 11.8. The van der Waals surface area contributed by atoms with Gasteiger partial charge in [-0.25, -0.2) is 9.97 Å². The third-order valence-electron chi connectivity index (χ3n) is 6.51. The molecule has 1 atom stereocenters. The number of fused-ring (bicyclic) bond motifs is 1. The van der Waals surface area contributed by atoms with E-state index in [1.165, 1.54) is 35.4 Å². The lowest BCUT2D eigenvalue weighted by Gasteiger charge is -2.24. The maximum Gasteiger partial charge on any atom is 0.228 e. The average Bonchev–Trinajstić information content (AvgIpc) is 3.20. The van der Waals surface area contributed by atoms with Crippen LogP contribution in [-0.2, 0) is 24.1 Å². The number of anilines is 3. The number of thiazole rings is 1. The minimum atomic E-state index is -0.225. The van der Waals surface area contributed by atoms with Crippen LogP contribution in [0.1, 0.15) is 60.0 Å². The molecule has 2 aliphatic carbocycles. The third-order valence-corrected chi connectivity index (χ3v) is 7.63. The summed E-state index contributed by atoms with van der Waals surface area (Å²) in [6.07, 6.45) is 9.09. The highest BCUT2D eigenvalue weighted by Gasteiger charge is 2.34. The number of halogens is 1. The molecule has 8 nitrogen and oxygen atoms in total. The Hall–Kier alpha value is -2.52. The number of nitrogens with one attached hydrogen (secondary N) is 2. The number of Topliss-reactive ketones (excluding diaryl/α,β-unsaturated/α-hetero) is 1. The van der Waals surface area contributed by atoms with Crippen LogP contribution in [-0.4, -0.2) is 43.5 Å². The molecule has 6 rings (SSSR count). The van der Waals surface area contributed by atoms with Crippen LogP contribution in [0.3, 0.4) is 0 Å². The number of carbonyl (C=O) groups excluding carboxylic acids is 1. The van der Waals surface area contributed by atoms with Crippen molar-refractivity contribution in [3.63, 3.8) is 0 Å². The molecule has 3 aromatic rings. The number of hydrogen-bond donors (Lipinski definition) is 2. The molecule has 0 amide bonds. The maximum atomic E-state index is 13.1.